The van der Waals surface area contributed by atoms with Crippen LogP contribution in [0.1, 0.15) is 20.8 Å². The van der Waals surface area contributed by atoms with E-state index < -0.39 is 16.8 Å². The Balaban J connectivity index is 2.18. The normalized spacial score (nSPS) is 38.9. The number of nitrogens with zero attached hydrogens (tertiary/aromatic N) is 1. The van der Waals surface area contributed by atoms with E-state index >= 15 is 0 Å². The highest BCUT2D eigenvalue weighted by atomic mass is 19.2. The number of fused-ring (bicyclic) bond motifs is 1. The molecule has 0 aliphatic carbocycles. The van der Waals surface area contributed by atoms with E-state index in [9.17, 15) is 13.6 Å². The van der Waals surface area contributed by atoms with Crippen LogP contribution in [0.15, 0.2) is 0 Å². The summed E-state index contributed by atoms with van der Waals surface area (Å²) >= 11 is 0. The Bertz CT molecular complexity index is 310. The first-order valence-corrected chi connectivity index (χ1v) is 5.56. The van der Waals surface area contributed by atoms with Gasteiger partial charge in [0.1, 0.15) is 0 Å². The molecule has 1 amide bonds. The van der Waals surface area contributed by atoms with E-state index in [1.54, 1.807) is 20.8 Å². The predicted octanol–water partition coefficient (Wildman–Crippen LogP) is 0.895. The van der Waals surface area contributed by atoms with E-state index in [1.807, 2.05) is 0 Å². The smallest absolute Gasteiger partial charge is 0.228 e. The molecular formula is C11H18F2N2O. The van der Waals surface area contributed by atoms with Crippen LogP contribution in [0.4, 0.5) is 8.78 Å². The number of nitrogens with one attached hydrogen (secondary N) is 1. The Morgan fingerprint density at radius 3 is 2.00 bits per heavy atom. The molecule has 0 saturated carbocycles. The molecule has 2 aliphatic rings. The van der Waals surface area contributed by atoms with Crippen LogP contribution < -0.4 is 5.32 Å². The van der Waals surface area contributed by atoms with Gasteiger partial charge in [-0.15, -0.1) is 0 Å². The topological polar surface area (TPSA) is 32.3 Å². The molecule has 1 N–H and O–H groups in total. The molecule has 2 fully saturated rings. The highest BCUT2D eigenvalue weighted by Crippen LogP contribution is 2.42. The van der Waals surface area contributed by atoms with Gasteiger partial charge in [-0.25, -0.2) is 8.78 Å². The van der Waals surface area contributed by atoms with Crippen LogP contribution in [0.5, 0.6) is 0 Å². The van der Waals surface area contributed by atoms with Crippen molar-refractivity contribution in [1.29, 1.82) is 0 Å². The standard InChI is InChI=1S/C11H18F2N2O/c1-9(2,3)8(16)15-6-10(12)4-14-5-11(10,13)7-15/h14H,4-7H2,1-3H3/t10-,11+. The lowest BCUT2D eigenvalue weighted by atomic mass is 9.94. The van der Waals surface area contributed by atoms with Crippen LogP contribution in [-0.4, -0.2) is 48.3 Å². The van der Waals surface area contributed by atoms with Gasteiger partial charge in [0, 0.05) is 18.5 Å². The van der Waals surface area contributed by atoms with Crippen LogP contribution in [0.3, 0.4) is 0 Å². The molecule has 0 aromatic rings. The summed E-state index contributed by atoms with van der Waals surface area (Å²) in [5.74, 6) is -0.184. The summed E-state index contributed by atoms with van der Waals surface area (Å²) in [6, 6.07) is 0. The van der Waals surface area contributed by atoms with Crippen LogP contribution in [0.2, 0.25) is 0 Å². The van der Waals surface area contributed by atoms with Gasteiger partial charge in [-0.05, 0) is 0 Å². The van der Waals surface area contributed by atoms with Crippen molar-refractivity contribution in [3.8, 4) is 0 Å². The third-order valence-electron chi connectivity index (χ3n) is 3.43. The lowest BCUT2D eigenvalue weighted by Crippen LogP contribution is -2.44. The number of carbonyl (C=O) groups excluding carboxylic acids is 1. The minimum atomic E-state index is -1.91. The molecule has 0 aromatic heterocycles. The predicted molar refractivity (Wildman–Crippen MR) is 56.6 cm³/mol. The van der Waals surface area contributed by atoms with Crippen molar-refractivity contribution in [2.75, 3.05) is 26.2 Å². The molecule has 0 unspecified atom stereocenters. The molecule has 2 saturated heterocycles. The van der Waals surface area contributed by atoms with Crippen molar-refractivity contribution in [2.24, 2.45) is 5.41 Å². The Morgan fingerprint density at radius 1 is 1.19 bits per heavy atom. The van der Waals surface area contributed by atoms with Gasteiger partial charge in [-0.2, -0.15) is 0 Å². The molecule has 5 heteroatoms. The van der Waals surface area contributed by atoms with Crippen LogP contribution >= 0.6 is 0 Å². The number of hydrogen-bond acceptors (Lipinski definition) is 2. The maximum absolute atomic E-state index is 14.2. The molecular weight excluding hydrogens is 214 g/mol. The van der Waals surface area contributed by atoms with Gasteiger partial charge in [0.2, 0.25) is 5.91 Å². The molecule has 2 aliphatic heterocycles. The summed E-state index contributed by atoms with van der Waals surface area (Å²) in [4.78, 5) is 13.3. The zero-order valence-electron chi connectivity index (χ0n) is 9.94. The molecule has 16 heavy (non-hydrogen) atoms. The molecule has 0 spiro atoms. The minimum Gasteiger partial charge on any atom is -0.335 e. The summed E-state index contributed by atoms with van der Waals surface area (Å²) < 4.78 is 28.5. The largest absolute Gasteiger partial charge is 0.335 e. The first-order valence-electron chi connectivity index (χ1n) is 5.56. The number of rotatable bonds is 0. The average molecular weight is 232 g/mol. The third-order valence-corrected chi connectivity index (χ3v) is 3.43. The lowest BCUT2D eigenvalue weighted by Gasteiger charge is -2.26. The fourth-order valence-corrected chi connectivity index (χ4v) is 2.45. The lowest BCUT2D eigenvalue weighted by molar-refractivity contribution is -0.139. The summed E-state index contributed by atoms with van der Waals surface area (Å²) in [5, 5.41) is 2.72. The molecule has 0 radical (unpaired) electrons. The number of likely N-dealkylation sites (tertiary alicyclic amines) is 1. The third kappa shape index (κ3) is 1.52. The van der Waals surface area contributed by atoms with Crippen molar-refractivity contribution in [3.05, 3.63) is 0 Å². The number of amides is 1. The van der Waals surface area contributed by atoms with E-state index in [2.05, 4.69) is 5.32 Å². The molecule has 0 bridgehead atoms. The quantitative estimate of drug-likeness (QED) is 0.673. The van der Waals surface area contributed by atoms with Crippen LogP contribution in [0.25, 0.3) is 0 Å². The Morgan fingerprint density at radius 2 is 1.62 bits per heavy atom. The van der Waals surface area contributed by atoms with Gasteiger partial charge in [0.15, 0.2) is 11.3 Å². The van der Waals surface area contributed by atoms with Gasteiger partial charge in [-0.1, -0.05) is 20.8 Å². The highest BCUT2D eigenvalue weighted by Gasteiger charge is 2.64. The molecule has 0 aromatic carbocycles. The molecule has 3 nitrogen and oxygen atoms in total. The average Bonchev–Trinajstić information content (AvgIpc) is 2.50. The maximum Gasteiger partial charge on any atom is 0.228 e. The molecule has 2 heterocycles. The molecule has 92 valence electrons. The second-order valence-corrected chi connectivity index (χ2v) is 5.95. The summed E-state index contributed by atoms with van der Waals surface area (Å²) in [5.41, 5.74) is -4.40. The Hall–Kier alpha value is -0.710. The number of carbonyl (C=O) groups is 1. The van der Waals surface area contributed by atoms with E-state index in [4.69, 9.17) is 0 Å². The SMILES string of the molecule is CC(C)(C)C(=O)N1C[C@]2(F)CNC[C@]2(F)C1. The van der Waals surface area contributed by atoms with Crippen molar-refractivity contribution in [2.45, 2.75) is 32.1 Å². The number of halogens is 2. The van der Waals surface area contributed by atoms with Gasteiger partial charge in [0.05, 0.1) is 13.1 Å². The maximum atomic E-state index is 14.2. The monoisotopic (exact) mass is 232 g/mol. The molecule has 2 rings (SSSR count). The van der Waals surface area contributed by atoms with E-state index in [1.165, 1.54) is 4.90 Å². The fraction of sp³-hybridized carbons (Fsp3) is 0.909. The Labute approximate surface area is 94.2 Å². The van der Waals surface area contributed by atoms with Crippen molar-refractivity contribution < 1.29 is 13.6 Å². The zero-order valence-corrected chi connectivity index (χ0v) is 9.94. The van der Waals surface area contributed by atoms with Gasteiger partial charge in [0.25, 0.3) is 0 Å². The van der Waals surface area contributed by atoms with Gasteiger partial charge in [-0.3, -0.25) is 4.79 Å². The first-order chi connectivity index (χ1) is 7.18. The van der Waals surface area contributed by atoms with E-state index in [0.29, 0.717) is 0 Å². The van der Waals surface area contributed by atoms with Crippen LogP contribution in [0, 0.1) is 5.41 Å². The first kappa shape index (κ1) is 11.8. The van der Waals surface area contributed by atoms with Crippen molar-refractivity contribution in [3.63, 3.8) is 0 Å². The summed E-state index contributed by atoms with van der Waals surface area (Å²) in [6.45, 7) is 5.01. The van der Waals surface area contributed by atoms with Gasteiger partial charge >= 0.3 is 0 Å². The highest BCUT2D eigenvalue weighted by molar-refractivity contribution is 5.82. The zero-order chi connectivity index (χ0) is 12.2. The van der Waals surface area contributed by atoms with Crippen molar-refractivity contribution in [1.82, 2.24) is 10.2 Å². The summed E-state index contributed by atoms with van der Waals surface area (Å²) in [6.07, 6.45) is 0. The second kappa shape index (κ2) is 3.15. The number of hydrogen-bond donors (Lipinski definition) is 1. The van der Waals surface area contributed by atoms with Crippen molar-refractivity contribution >= 4 is 5.91 Å². The van der Waals surface area contributed by atoms with Crippen LogP contribution in [-0.2, 0) is 4.79 Å². The Kier molecular flexibility index (Phi) is 2.32. The summed E-state index contributed by atoms with van der Waals surface area (Å²) in [7, 11) is 0. The molecule has 2 atom stereocenters. The van der Waals surface area contributed by atoms with Gasteiger partial charge < -0.3 is 10.2 Å². The minimum absolute atomic E-state index is 0.00256. The number of alkyl halides is 2. The van der Waals surface area contributed by atoms with E-state index in [-0.39, 0.29) is 32.1 Å². The fourth-order valence-electron chi connectivity index (χ4n) is 2.45. The van der Waals surface area contributed by atoms with E-state index in [0.717, 1.165) is 0 Å². The second-order valence-electron chi connectivity index (χ2n) is 5.95.